The van der Waals surface area contributed by atoms with E-state index < -0.39 is 0 Å². The zero-order chi connectivity index (χ0) is 18.0. The molecule has 1 saturated heterocycles. The third-order valence-electron chi connectivity index (χ3n) is 4.51. The molecule has 1 fully saturated rings. The summed E-state index contributed by atoms with van der Waals surface area (Å²) in [6.45, 7) is 8.95. The summed E-state index contributed by atoms with van der Waals surface area (Å²) in [7, 11) is 0. The van der Waals surface area contributed by atoms with E-state index in [9.17, 15) is 9.59 Å². The molecule has 0 unspecified atom stereocenters. The number of amides is 3. The topological polar surface area (TPSA) is 61.9 Å². The first-order valence-corrected chi connectivity index (χ1v) is 8.91. The molecule has 3 amide bonds. The molecular formula is C19H27N3O3. The largest absolute Gasteiger partial charge is 0.493 e. The molecule has 1 N–H and O–H groups in total. The van der Waals surface area contributed by atoms with Crippen LogP contribution in [0.15, 0.2) is 18.2 Å². The number of hydrogen-bond acceptors (Lipinski definition) is 3. The number of nitrogens with one attached hydrogen (secondary N) is 1. The van der Waals surface area contributed by atoms with Crippen molar-refractivity contribution in [2.24, 2.45) is 0 Å². The van der Waals surface area contributed by atoms with Crippen LogP contribution in [0.5, 0.6) is 5.75 Å². The summed E-state index contributed by atoms with van der Waals surface area (Å²) in [5.41, 5.74) is 1.97. The lowest BCUT2D eigenvalue weighted by atomic mass is 10.1. The van der Waals surface area contributed by atoms with Crippen LogP contribution in [0.4, 0.5) is 4.79 Å². The van der Waals surface area contributed by atoms with E-state index in [-0.39, 0.29) is 17.5 Å². The second kappa shape index (κ2) is 6.94. The van der Waals surface area contributed by atoms with E-state index in [1.165, 1.54) is 5.56 Å². The molecule has 6 heteroatoms. The van der Waals surface area contributed by atoms with Crippen LogP contribution >= 0.6 is 0 Å². The summed E-state index contributed by atoms with van der Waals surface area (Å²) >= 11 is 0. The highest BCUT2D eigenvalue weighted by Gasteiger charge is 2.26. The smallest absolute Gasteiger partial charge is 0.317 e. The zero-order valence-electron chi connectivity index (χ0n) is 15.3. The molecule has 25 heavy (non-hydrogen) atoms. The van der Waals surface area contributed by atoms with Crippen molar-refractivity contribution < 1.29 is 14.3 Å². The first-order chi connectivity index (χ1) is 11.8. The van der Waals surface area contributed by atoms with Gasteiger partial charge in [0.15, 0.2) is 0 Å². The van der Waals surface area contributed by atoms with Crippen molar-refractivity contribution in [1.29, 1.82) is 0 Å². The zero-order valence-corrected chi connectivity index (χ0v) is 15.3. The summed E-state index contributed by atoms with van der Waals surface area (Å²) in [6.07, 6.45) is 1.32. The minimum absolute atomic E-state index is 0.0572. The van der Waals surface area contributed by atoms with Crippen molar-refractivity contribution in [2.45, 2.75) is 39.2 Å². The molecule has 0 saturated carbocycles. The van der Waals surface area contributed by atoms with Gasteiger partial charge in [-0.15, -0.1) is 0 Å². The molecule has 2 heterocycles. The van der Waals surface area contributed by atoms with Crippen LogP contribution in [0.2, 0.25) is 0 Å². The van der Waals surface area contributed by atoms with Gasteiger partial charge in [0, 0.05) is 38.1 Å². The second-order valence-corrected chi connectivity index (χ2v) is 7.77. The predicted molar refractivity (Wildman–Crippen MR) is 95.8 cm³/mol. The van der Waals surface area contributed by atoms with Gasteiger partial charge in [-0.25, -0.2) is 4.79 Å². The predicted octanol–water partition coefficient (Wildman–Crippen LogP) is 1.82. The standard InChI is InChI=1S/C19H27N3O3/c1-19(2,3)20-18(24)22-9-7-21(8-10-22)17(23)13-14-4-5-16-15(12-14)6-11-25-16/h4-5,12H,6-11,13H2,1-3H3,(H,20,24). The molecule has 2 aliphatic rings. The van der Waals surface area contributed by atoms with Crippen LogP contribution in [0.25, 0.3) is 0 Å². The van der Waals surface area contributed by atoms with E-state index in [2.05, 4.69) is 11.4 Å². The van der Waals surface area contributed by atoms with E-state index in [0.29, 0.717) is 32.6 Å². The molecular weight excluding hydrogens is 318 g/mol. The van der Waals surface area contributed by atoms with Crippen LogP contribution < -0.4 is 10.1 Å². The quantitative estimate of drug-likeness (QED) is 0.889. The molecule has 0 atom stereocenters. The van der Waals surface area contributed by atoms with E-state index in [1.807, 2.05) is 37.8 Å². The van der Waals surface area contributed by atoms with Crippen molar-refractivity contribution in [2.75, 3.05) is 32.8 Å². The van der Waals surface area contributed by atoms with Gasteiger partial charge in [0.2, 0.25) is 5.91 Å². The Morgan fingerprint density at radius 3 is 2.48 bits per heavy atom. The van der Waals surface area contributed by atoms with E-state index >= 15 is 0 Å². The molecule has 0 spiro atoms. The monoisotopic (exact) mass is 345 g/mol. The van der Waals surface area contributed by atoms with E-state index in [4.69, 9.17) is 4.74 Å². The van der Waals surface area contributed by atoms with Crippen molar-refractivity contribution in [3.63, 3.8) is 0 Å². The fourth-order valence-corrected chi connectivity index (χ4v) is 3.20. The van der Waals surface area contributed by atoms with Gasteiger partial charge < -0.3 is 19.9 Å². The van der Waals surface area contributed by atoms with E-state index in [1.54, 1.807) is 4.90 Å². The third-order valence-corrected chi connectivity index (χ3v) is 4.51. The summed E-state index contributed by atoms with van der Waals surface area (Å²) in [5, 5.41) is 2.97. The third kappa shape index (κ3) is 4.44. The average molecular weight is 345 g/mol. The maximum atomic E-state index is 12.5. The van der Waals surface area contributed by atoms with Crippen LogP contribution in [0.3, 0.4) is 0 Å². The lowest BCUT2D eigenvalue weighted by molar-refractivity contribution is -0.131. The SMILES string of the molecule is CC(C)(C)NC(=O)N1CCN(C(=O)Cc2ccc3c(c2)CCO3)CC1. The van der Waals surface area contributed by atoms with Gasteiger partial charge in [-0.2, -0.15) is 0 Å². The molecule has 0 aliphatic carbocycles. The van der Waals surface area contributed by atoms with Crippen LogP contribution in [-0.2, 0) is 17.6 Å². The molecule has 0 bridgehead atoms. The Morgan fingerprint density at radius 1 is 1.12 bits per heavy atom. The molecule has 6 nitrogen and oxygen atoms in total. The number of fused-ring (bicyclic) bond motifs is 1. The van der Waals surface area contributed by atoms with Gasteiger partial charge in [0.25, 0.3) is 0 Å². The van der Waals surface area contributed by atoms with Gasteiger partial charge in [-0.1, -0.05) is 12.1 Å². The van der Waals surface area contributed by atoms with Crippen LogP contribution in [0.1, 0.15) is 31.9 Å². The maximum Gasteiger partial charge on any atom is 0.317 e. The maximum absolute atomic E-state index is 12.5. The summed E-state index contributed by atoms with van der Waals surface area (Å²) in [6, 6.07) is 5.94. The van der Waals surface area contributed by atoms with Crippen molar-refractivity contribution in [3.05, 3.63) is 29.3 Å². The summed E-state index contributed by atoms with van der Waals surface area (Å²) in [5.74, 6) is 1.06. The number of nitrogens with zero attached hydrogens (tertiary/aromatic N) is 2. The second-order valence-electron chi connectivity index (χ2n) is 7.77. The van der Waals surface area contributed by atoms with Gasteiger partial charge in [-0.3, -0.25) is 4.79 Å². The minimum atomic E-state index is -0.249. The number of carbonyl (C=O) groups is 2. The Hall–Kier alpha value is -2.24. The lowest BCUT2D eigenvalue weighted by Gasteiger charge is -2.36. The Kier molecular flexibility index (Phi) is 4.88. The molecule has 2 aliphatic heterocycles. The minimum Gasteiger partial charge on any atom is -0.493 e. The summed E-state index contributed by atoms with van der Waals surface area (Å²) < 4.78 is 5.50. The molecule has 1 aromatic rings. The number of hydrogen-bond donors (Lipinski definition) is 1. The first-order valence-electron chi connectivity index (χ1n) is 8.91. The Labute approximate surface area is 149 Å². The van der Waals surface area contributed by atoms with Gasteiger partial charge in [-0.05, 0) is 38.0 Å². The fraction of sp³-hybridized carbons (Fsp3) is 0.579. The highest BCUT2D eigenvalue weighted by Crippen LogP contribution is 2.26. The Bertz CT molecular complexity index is 658. The first kappa shape index (κ1) is 17.6. The number of carbonyl (C=O) groups excluding carboxylic acids is 2. The van der Waals surface area contributed by atoms with Crippen LogP contribution in [-0.4, -0.2) is 60.1 Å². The lowest BCUT2D eigenvalue weighted by Crippen LogP contribution is -2.56. The molecule has 1 aromatic carbocycles. The molecule has 3 rings (SSSR count). The molecule has 0 aromatic heterocycles. The van der Waals surface area contributed by atoms with E-state index in [0.717, 1.165) is 24.3 Å². The van der Waals surface area contributed by atoms with Gasteiger partial charge in [0.1, 0.15) is 5.75 Å². The number of ether oxygens (including phenoxy) is 1. The van der Waals surface area contributed by atoms with Crippen molar-refractivity contribution >= 4 is 11.9 Å². The molecule has 0 radical (unpaired) electrons. The normalized spacial score (nSPS) is 17.1. The number of urea groups is 1. The number of piperazine rings is 1. The molecule has 136 valence electrons. The highest BCUT2D eigenvalue weighted by molar-refractivity contribution is 5.80. The van der Waals surface area contributed by atoms with Crippen molar-refractivity contribution in [1.82, 2.24) is 15.1 Å². The summed E-state index contributed by atoms with van der Waals surface area (Å²) in [4.78, 5) is 28.4. The Balaban J connectivity index is 1.51. The van der Waals surface area contributed by atoms with Crippen LogP contribution in [0, 0.1) is 0 Å². The highest BCUT2D eigenvalue weighted by atomic mass is 16.5. The van der Waals surface area contributed by atoms with Gasteiger partial charge in [0.05, 0.1) is 13.0 Å². The average Bonchev–Trinajstić information content (AvgIpc) is 3.01. The Morgan fingerprint density at radius 2 is 1.80 bits per heavy atom. The van der Waals surface area contributed by atoms with Gasteiger partial charge >= 0.3 is 6.03 Å². The number of benzene rings is 1. The van der Waals surface area contributed by atoms with Crippen molar-refractivity contribution in [3.8, 4) is 5.75 Å². The number of rotatable bonds is 2. The fourth-order valence-electron chi connectivity index (χ4n) is 3.20.